The highest BCUT2D eigenvalue weighted by Crippen LogP contribution is 2.16. The van der Waals surface area contributed by atoms with E-state index < -0.39 is 22.3 Å². The normalized spacial score (nSPS) is 10.3. The molecule has 0 radical (unpaired) electrons. The summed E-state index contributed by atoms with van der Waals surface area (Å²) in [5.41, 5.74) is 0.225. The predicted octanol–water partition coefficient (Wildman–Crippen LogP) is 3.30. The lowest BCUT2D eigenvalue weighted by molar-refractivity contribution is -0.384. The molecule has 6 heteroatoms. The van der Waals surface area contributed by atoms with Crippen LogP contribution in [0.5, 0.6) is 0 Å². The van der Waals surface area contributed by atoms with Gasteiger partial charge in [-0.2, -0.15) is 0 Å². The summed E-state index contributed by atoms with van der Waals surface area (Å²) in [7, 11) is 0. The van der Waals surface area contributed by atoms with Crippen molar-refractivity contribution in [2.24, 2.45) is 0 Å². The van der Waals surface area contributed by atoms with Crippen LogP contribution in [0.2, 0.25) is 0 Å². The molecule has 0 N–H and O–H groups in total. The van der Waals surface area contributed by atoms with Crippen LogP contribution in [0.3, 0.4) is 0 Å². The molecule has 0 bridgehead atoms. The number of carbonyl (C=O) groups is 1. The van der Waals surface area contributed by atoms with Crippen LogP contribution in [0, 0.1) is 21.7 Å². The van der Waals surface area contributed by atoms with E-state index in [4.69, 9.17) is 0 Å². The fourth-order valence-electron chi connectivity index (χ4n) is 1.73. The molecule has 0 aromatic heterocycles. The number of hydrogen-bond donors (Lipinski definition) is 0. The minimum Gasteiger partial charge on any atom is -0.294 e. The lowest BCUT2D eigenvalue weighted by Crippen LogP contribution is -2.06. The SMILES string of the molecule is O=C(Cc1ccc([N+](=O)[O-])cc1)c1ccc(F)cc1F. The number of benzene rings is 2. The summed E-state index contributed by atoms with van der Waals surface area (Å²) in [6.45, 7) is 0. The Bertz CT molecular complexity index is 669. The van der Waals surface area contributed by atoms with Gasteiger partial charge in [0.2, 0.25) is 0 Å². The number of carbonyl (C=O) groups excluding carboxylic acids is 1. The molecule has 0 aliphatic rings. The van der Waals surface area contributed by atoms with Gasteiger partial charge in [0.15, 0.2) is 5.78 Å². The zero-order valence-electron chi connectivity index (χ0n) is 10.2. The first-order valence-corrected chi connectivity index (χ1v) is 5.69. The van der Waals surface area contributed by atoms with Crippen LogP contribution in [0.1, 0.15) is 15.9 Å². The molecule has 0 saturated carbocycles. The molecule has 0 spiro atoms. The zero-order chi connectivity index (χ0) is 14.7. The largest absolute Gasteiger partial charge is 0.294 e. The van der Waals surface area contributed by atoms with Crippen LogP contribution in [0.25, 0.3) is 0 Å². The van der Waals surface area contributed by atoms with Crippen molar-refractivity contribution in [2.45, 2.75) is 6.42 Å². The Morgan fingerprint density at radius 1 is 1.10 bits per heavy atom. The zero-order valence-corrected chi connectivity index (χ0v) is 10.2. The molecule has 0 atom stereocenters. The monoisotopic (exact) mass is 277 g/mol. The highest BCUT2D eigenvalue weighted by molar-refractivity contribution is 5.97. The molecule has 2 rings (SSSR count). The fraction of sp³-hybridized carbons (Fsp3) is 0.0714. The van der Waals surface area contributed by atoms with Gasteiger partial charge in [-0.1, -0.05) is 12.1 Å². The Morgan fingerprint density at radius 3 is 2.30 bits per heavy atom. The average Bonchev–Trinajstić information content (AvgIpc) is 2.39. The second-order valence-corrected chi connectivity index (χ2v) is 4.15. The maximum atomic E-state index is 13.4. The molecule has 4 nitrogen and oxygen atoms in total. The summed E-state index contributed by atoms with van der Waals surface area (Å²) in [5, 5.41) is 10.5. The van der Waals surface area contributed by atoms with Gasteiger partial charge in [0.1, 0.15) is 11.6 Å². The van der Waals surface area contributed by atoms with Gasteiger partial charge in [-0.25, -0.2) is 8.78 Å². The quantitative estimate of drug-likeness (QED) is 0.489. The maximum absolute atomic E-state index is 13.4. The molecular weight excluding hydrogens is 268 g/mol. The van der Waals surface area contributed by atoms with Crippen molar-refractivity contribution >= 4 is 11.5 Å². The van der Waals surface area contributed by atoms with Gasteiger partial charge < -0.3 is 0 Å². The van der Waals surface area contributed by atoms with Gasteiger partial charge >= 0.3 is 0 Å². The lowest BCUT2D eigenvalue weighted by atomic mass is 10.0. The second kappa shape index (κ2) is 5.56. The van der Waals surface area contributed by atoms with Crippen LogP contribution in [0.4, 0.5) is 14.5 Å². The number of nitro benzene ring substituents is 1. The third-order valence-electron chi connectivity index (χ3n) is 2.74. The molecule has 0 amide bonds. The third kappa shape index (κ3) is 3.03. The van der Waals surface area contributed by atoms with E-state index in [0.717, 1.165) is 12.1 Å². The molecule has 2 aromatic rings. The molecule has 0 aliphatic heterocycles. The number of halogens is 2. The van der Waals surface area contributed by atoms with E-state index in [1.165, 1.54) is 24.3 Å². The molecule has 0 unspecified atom stereocenters. The molecular formula is C14H9F2NO3. The third-order valence-corrected chi connectivity index (χ3v) is 2.74. The molecule has 0 aliphatic carbocycles. The smallest absolute Gasteiger partial charge is 0.269 e. The van der Waals surface area contributed by atoms with Gasteiger partial charge in [-0.3, -0.25) is 14.9 Å². The van der Waals surface area contributed by atoms with Crippen molar-refractivity contribution in [2.75, 3.05) is 0 Å². The molecule has 20 heavy (non-hydrogen) atoms. The topological polar surface area (TPSA) is 60.2 Å². The highest BCUT2D eigenvalue weighted by atomic mass is 19.1. The van der Waals surface area contributed by atoms with E-state index in [1.807, 2.05) is 0 Å². The second-order valence-electron chi connectivity index (χ2n) is 4.15. The Morgan fingerprint density at radius 2 is 1.75 bits per heavy atom. The molecule has 0 saturated heterocycles. The van der Waals surface area contributed by atoms with Gasteiger partial charge in [0.05, 0.1) is 10.5 Å². The van der Waals surface area contributed by atoms with Crippen molar-refractivity contribution < 1.29 is 18.5 Å². The van der Waals surface area contributed by atoms with Crippen LogP contribution in [-0.4, -0.2) is 10.7 Å². The molecule has 0 heterocycles. The van der Waals surface area contributed by atoms with Crippen LogP contribution >= 0.6 is 0 Å². The first-order valence-electron chi connectivity index (χ1n) is 5.69. The Labute approximate surface area is 112 Å². The average molecular weight is 277 g/mol. The van der Waals surface area contributed by atoms with E-state index in [0.29, 0.717) is 11.6 Å². The number of rotatable bonds is 4. The van der Waals surface area contributed by atoms with Crippen molar-refractivity contribution in [3.8, 4) is 0 Å². The maximum Gasteiger partial charge on any atom is 0.269 e. The highest BCUT2D eigenvalue weighted by Gasteiger charge is 2.14. The Balaban J connectivity index is 2.17. The van der Waals surface area contributed by atoms with E-state index in [1.54, 1.807) is 0 Å². The minimum atomic E-state index is -0.920. The summed E-state index contributed by atoms with van der Waals surface area (Å²) in [4.78, 5) is 21.8. The summed E-state index contributed by atoms with van der Waals surface area (Å²) in [6.07, 6.45) is -0.111. The number of ketones is 1. The molecule has 102 valence electrons. The van der Waals surface area contributed by atoms with E-state index >= 15 is 0 Å². The summed E-state index contributed by atoms with van der Waals surface area (Å²) in [5.74, 6) is -2.19. The first kappa shape index (κ1) is 13.8. The first-order chi connectivity index (χ1) is 9.47. The van der Waals surface area contributed by atoms with Crippen molar-refractivity contribution in [1.29, 1.82) is 0 Å². The summed E-state index contributed by atoms with van der Waals surface area (Å²) in [6, 6.07) is 8.12. The number of non-ortho nitro benzene ring substituents is 1. The minimum absolute atomic E-state index is 0.0887. The van der Waals surface area contributed by atoms with Crippen LogP contribution in [-0.2, 0) is 6.42 Å². The Kier molecular flexibility index (Phi) is 3.84. The Hall–Kier alpha value is -2.63. The number of Topliss-reactive ketones (excluding diaryl/α,β-unsaturated/α-hetero) is 1. The number of hydrogen-bond acceptors (Lipinski definition) is 3. The number of nitro groups is 1. The summed E-state index contributed by atoms with van der Waals surface area (Å²) >= 11 is 0. The fourth-order valence-corrected chi connectivity index (χ4v) is 1.73. The standard InChI is InChI=1S/C14H9F2NO3/c15-10-3-6-12(13(16)8-10)14(18)7-9-1-4-11(5-2-9)17(19)20/h1-6,8H,7H2. The molecule has 0 fully saturated rings. The van der Waals surface area contributed by atoms with Gasteiger partial charge in [0, 0.05) is 24.6 Å². The predicted molar refractivity (Wildman–Crippen MR) is 67.5 cm³/mol. The van der Waals surface area contributed by atoms with E-state index in [2.05, 4.69) is 0 Å². The van der Waals surface area contributed by atoms with Crippen molar-refractivity contribution in [3.05, 3.63) is 75.3 Å². The van der Waals surface area contributed by atoms with Crippen molar-refractivity contribution in [1.82, 2.24) is 0 Å². The van der Waals surface area contributed by atoms with Gasteiger partial charge in [-0.05, 0) is 17.7 Å². The van der Waals surface area contributed by atoms with Gasteiger partial charge in [0.25, 0.3) is 5.69 Å². The molecule has 2 aromatic carbocycles. The van der Waals surface area contributed by atoms with Crippen LogP contribution in [0.15, 0.2) is 42.5 Å². The van der Waals surface area contributed by atoms with E-state index in [-0.39, 0.29) is 17.7 Å². The summed E-state index contributed by atoms with van der Waals surface area (Å²) < 4.78 is 26.2. The van der Waals surface area contributed by atoms with E-state index in [9.17, 15) is 23.7 Å². The van der Waals surface area contributed by atoms with Crippen molar-refractivity contribution in [3.63, 3.8) is 0 Å². The number of nitrogens with zero attached hydrogens (tertiary/aromatic N) is 1. The van der Waals surface area contributed by atoms with Gasteiger partial charge in [-0.15, -0.1) is 0 Å². The van der Waals surface area contributed by atoms with Crippen LogP contribution < -0.4 is 0 Å². The lowest BCUT2D eigenvalue weighted by Gasteiger charge is -2.03.